The molecule has 3 aliphatic rings. The molecule has 0 atom stereocenters. The van der Waals surface area contributed by atoms with E-state index in [4.69, 9.17) is 12.2 Å². The van der Waals surface area contributed by atoms with Crippen molar-refractivity contribution >= 4 is 28.9 Å². The molecule has 0 radical (unpaired) electrons. The summed E-state index contributed by atoms with van der Waals surface area (Å²) in [6.45, 7) is 2.73. The highest BCUT2D eigenvalue weighted by Gasteiger charge is 2.52. The van der Waals surface area contributed by atoms with Gasteiger partial charge in [-0.15, -0.1) is 0 Å². The lowest BCUT2D eigenvalue weighted by Gasteiger charge is -2.43. The highest BCUT2D eigenvalue weighted by atomic mass is 32.1. The van der Waals surface area contributed by atoms with Gasteiger partial charge in [0.15, 0.2) is 5.11 Å². The van der Waals surface area contributed by atoms with Gasteiger partial charge in [-0.25, -0.2) is 4.98 Å². The lowest BCUT2D eigenvalue weighted by atomic mass is 9.95. The van der Waals surface area contributed by atoms with Gasteiger partial charge < -0.3 is 9.80 Å². The molecule has 1 saturated heterocycles. The zero-order chi connectivity index (χ0) is 19.0. The minimum absolute atomic E-state index is 0.171. The molecule has 1 spiro atoms. The Balaban J connectivity index is 1.27. The fraction of sp³-hybridized carbons (Fsp3) is 0.429. The summed E-state index contributed by atoms with van der Waals surface area (Å²) in [7, 11) is 0. The third-order valence-electron chi connectivity index (χ3n) is 6.00. The van der Waals surface area contributed by atoms with Crippen molar-refractivity contribution in [3.63, 3.8) is 0 Å². The van der Waals surface area contributed by atoms with Gasteiger partial charge in [0.1, 0.15) is 5.82 Å². The van der Waals surface area contributed by atoms with Gasteiger partial charge in [0, 0.05) is 32.0 Å². The maximum Gasteiger partial charge on any atom is 0.189 e. The van der Waals surface area contributed by atoms with Crippen molar-refractivity contribution < 1.29 is 0 Å². The third-order valence-corrected chi connectivity index (χ3v) is 6.35. The molecule has 1 aliphatic heterocycles. The Morgan fingerprint density at radius 2 is 1.96 bits per heavy atom. The number of hydrazone groups is 1. The van der Waals surface area contributed by atoms with Crippen LogP contribution in [0.25, 0.3) is 0 Å². The average Bonchev–Trinajstić information content (AvgIpc) is 3.51. The van der Waals surface area contributed by atoms with Crippen molar-refractivity contribution in [3.8, 4) is 0 Å². The van der Waals surface area contributed by atoms with E-state index in [1.165, 1.54) is 18.4 Å². The smallest absolute Gasteiger partial charge is 0.189 e. The van der Waals surface area contributed by atoms with E-state index in [9.17, 15) is 0 Å². The van der Waals surface area contributed by atoms with Crippen molar-refractivity contribution in [2.75, 3.05) is 24.5 Å². The first kappa shape index (κ1) is 17.6. The molecule has 7 heteroatoms. The van der Waals surface area contributed by atoms with Gasteiger partial charge in [-0.3, -0.25) is 10.4 Å². The number of nitrogens with one attached hydrogen (secondary N) is 1. The van der Waals surface area contributed by atoms with E-state index in [2.05, 4.69) is 48.5 Å². The van der Waals surface area contributed by atoms with E-state index < -0.39 is 0 Å². The van der Waals surface area contributed by atoms with E-state index in [1.54, 1.807) is 0 Å². The molecule has 6 nitrogen and oxygen atoms in total. The molecule has 2 aromatic rings. The van der Waals surface area contributed by atoms with E-state index in [1.807, 2.05) is 24.5 Å². The predicted octanol–water partition coefficient (Wildman–Crippen LogP) is 2.75. The van der Waals surface area contributed by atoms with Crippen LogP contribution in [-0.4, -0.2) is 50.9 Å². The van der Waals surface area contributed by atoms with Crippen LogP contribution in [0.1, 0.15) is 36.9 Å². The normalized spacial score (nSPS) is 21.5. The average molecular weight is 393 g/mol. The number of aryl methyl sites for hydroxylation is 1. The number of aromatic nitrogens is 2. The molecule has 0 bridgehead atoms. The maximum atomic E-state index is 5.68. The van der Waals surface area contributed by atoms with Gasteiger partial charge in [0.05, 0.1) is 16.9 Å². The molecule has 0 amide bonds. The first-order valence-electron chi connectivity index (χ1n) is 10.00. The highest BCUT2D eigenvalue weighted by molar-refractivity contribution is 7.80. The minimum Gasteiger partial charge on any atom is -0.347 e. The zero-order valence-corrected chi connectivity index (χ0v) is 16.7. The van der Waals surface area contributed by atoms with Gasteiger partial charge in [-0.05, 0) is 68.1 Å². The SMILES string of the molecule is S=C(NN=C1CCCc2cccnc21)N1CCN(c2ccccn2)C2(CC2)C1. The van der Waals surface area contributed by atoms with Crippen molar-refractivity contribution in [2.45, 2.75) is 37.6 Å². The first-order valence-corrected chi connectivity index (χ1v) is 10.4. The monoisotopic (exact) mass is 392 g/mol. The molecule has 144 valence electrons. The molecule has 3 heterocycles. The van der Waals surface area contributed by atoms with Crippen molar-refractivity contribution in [1.29, 1.82) is 0 Å². The molecule has 0 unspecified atom stereocenters. The largest absolute Gasteiger partial charge is 0.347 e. The van der Waals surface area contributed by atoms with E-state index in [0.29, 0.717) is 5.11 Å². The van der Waals surface area contributed by atoms with E-state index >= 15 is 0 Å². The van der Waals surface area contributed by atoms with Crippen LogP contribution in [0.5, 0.6) is 0 Å². The second kappa shape index (κ2) is 7.13. The number of hydrogen-bond donors (Lipinski definition) is 1. The first-order chi connectivity index (χ1) is 13.8. The number of pyridine rings is 2. The van der Waals surface area contributed by atoms with E-state index in [-0.39, 0.29) is 5.54 Å². The predicted molar refractivity (Wildman–Crippen MR) is 115 cm³/mol. The van der Waals surface area contributed by atoms with Crippen molar-refractivity contribution in [3.05, 3.63) is 54.0 Å². The highest BCUT2D eigenvalue weighted by Crippen LogP contribution is 2.45. The second-order valence-corrected chi connectivity index (χ2v) is 8.21. The summed E-state index contributed by atoms with van der Waals surface area (Å²) in [6, 6.07) is 10.3. The fourth-order valence-electron chi connectivity index (χ4n) is 4.35. The Morgan fingerprint density at radius 3 is 2.79 bits per heavy atom. The lowest BCUT2D eigenvalue weighted by Crippen LogP contribution is -2.58. The standard InChI is InChI=1S/C21H24N6S/c28-20(25-24-17-7-3-5-16-6-4-12-23-19(16)17)26-13-14-27(21(15-26)9-10-21)18-8-1-2-11-22-18/h1-2,4,6,8,11-12H,3,5,7,9-10,13-15H2,(H,25,28). The molecule has 2 aliphatic carbocycles. The van der Waals surface area contributed by atoms with Crippen LogP contribution in [0.15, 0.2) is 47.8 Å². The summed E-state index contributed by atoms with van der Waals surface area (Å²) < 4.78 is 0. The number of fused-ring (bicyclic) bond motifs is 1. The number of anilines is 1. The van der Waals surface area contributed by atoms with Crippen LogP contribution < -0.4 is 10.3 Å². The van der Waals surface area contributed by atoms with Gasteiger partial charge >= 0.3 is 0 Å². The molecule has 2 aromatic heterocycles. The van der Waals surface area contributed by atoms with Crippen molar-refractivity contribution in [1.82, 2.24) is 20.3 Å². The number of rotatable bonds is 2. The van der Waals surface area contributed by atoms with Crippen molar-refractivity contribution in [2.24, 2.45) is 5.10 Å². The Labute approximate surface area is 170 Å². The minimum atomic E-state index is 0.171. The summed E-state index contributed by atoms with van der Waals surface area (Å²) in [5.74, 6) is 1.07. The third kappa shape index (κ3) is 3.24. The molecule has 5 rings (SSSR count). The van der Waals surface area contributed by atoms with Crippen LogP contribution in [0.3, 0.4) is 0 Å². The van der Waals surface area contributed by atoms with Gasteiger partial charge in [-0.2, -0.15) is 5.10 Å². The maximum absolute atomic E-state index is 5.68. The number of hydrogen-bond acceptors (Lipinski definition) is 5. The molecule has 1 N–H and O–H groups in total. The Hall–Kier alpha value is -2.54. The summed E-state index contributed by atoms with van der Waals surface area (Å²) in [6.07, 6.45) is 9.21. The van der Waals surface area contributed by atoms with Gasteiger partial charge in [0.2, 0.25) is 0 Å². The molecular formula is C21H24N6S. The Kier molecular flexibility index (Phi) is 4.47. The summed E-state index contributed by atoms with van der Waals surface area (Å²) in [4.78, 5) is 13.8. The summed E-state index contributed by atoms with van der Waals surface area (Å²) in [5.41, 5.74) is 6.63. The number of piperazine rings is 1. The Morgan fingerprint density at radius 1 is 1.07 bits per heavy atom. The topological polar surface area (TPSA) is 56.7 Å². The zero-order valence-electron chi connectivity index (χ0n) is 15.8. The second-order valence-electron chi connectivity index (χ2n) is 7.83. The fourth-order valence-corrected chi connectivity index (χ4v) is 4.56. The quantitative estimate of drug-likeness (QED) is 0.627. The lowest BCUT2D eigenvalue weighted by molar-refractivity contribution is 0.310. The summed E-state index contributed by atoms with van der Waals surface area (Å²) >= 11 is 5.68. The molecule has 0 aromatic carbocycles. The van der Waals surface area contributed by atoms with Crippen LogP contribution in [-0.2, 0) is 6.42 Å². The molecular weight excluding hydrogens is 368 g/mol. The number of thiocarbonyl (C=S) groups is 1. The van der Waals surface area contributed by atoms with Crippen LogP contribution in [0, 0.1) is 0 Å². The Bertz CT molecular complexity index is 908. The molecule has 1 saturated carbocycles. The van der Waals surface area contributed by atoms with Gasteiger partial charge in [-0.1, -0.05) is 12.1 Å². The van der Waals surface area contributed by atoms with Crippen LogP contribution in [0.2, 0.25) is 0 Å². The van der Waals surface area contributed by atoms with Crippen LogP contribution >= 0.6 is 12.2 Å². The molecule has 28 heavy (non-hydrogen) atoms. The molecule has 2 fully saturated rings. The number of nitrogens with zero attached hydrogens (tertiary/aromatic N) is 5. The van der Waals surface area contributed by atoms with Crippen LogP contribution in [0.4, 0.5) is 5.82 Å². The summed E-state index contributed by atoms with van der Waals surface area (Å²) in [5, 5.41) is 5.35. The van der Waals surface area contributed by atoms with Gasteiger partial charge in [0.25, 0.3) is 0 Å². The van der Waals surface area contributed by atoms with E-state index in [0.717, 1.165) is 56.1 Å².